The first kappa shape index (κ1) is 22.6. The number of nitrogens with zero attached hydrogens (tertiary/aromatic N) is 3. The molecular formula is C22H32N4O3. The van der Waals surface area contributed by atoms with Crippen LogP contribution in [0, 0.1) is 19.8 Å². The van der Waals surface area contributed by atoms with E-state index in [0.717, 1.165) is 29.3 Å². The molecule has 0 saturated carbocycles. The summed E-state index contributed by atoms with van der Waals surface area (Å²) >= 11 is 0. The molecule has 7 nitrogen and oxygen atoms in total. The zero-order chi connectivity index (χ0) is 21.4. The van der Waals surface area contributed by atoms with E-state index in [1.165, 1.54) is 7.11 Å². The van der Waals surface area contributed by atoms with Crippen molar-refractivity contribution in [3.8, 4) is 5.69 Å². The molecule has 0 aliphatic carbocycles. The monoisotopic (exact) mass is 400 g/mol. The maximum Gasteiger partial charge on any atom is 0.306 e. The lowest BCUT2D eigenvalue weighted by atomic mass is 10.2. The number of aromatic nitrogens is 2. The van der Waals surface area contributed by atoms with Gasteiger partial charge in [0.25, 0.3) is 0 Å². The van der Waals surface area contributed by atoms with Crippen LogP contribution in [0.15, 0.2) is 30.3 Å². The minimum atomic E-state index is -0.234. The lowest BCUT2D eigenvalue weighted by Gasteiger charge is -2.23. The van der Waals surface area contributed by atoms with Gasteiger partial charge in [0.1, 0.15) is 0 Å². The summed E-state index contributed by atoms with van der Waals surface area (Å²) in [4.78, 5) is 26.2. The average Bonchev–Trinajstić information content (AvgIpc) is 2.98. The van der Waals surface area contributed by atoms with Crippen molar-refractivity contribution in [2.75, 3.05) is 32.1 Å². The number of anilines is 1. The van der Waals surface area contributed by atoms with Crippen molar-refractivity contribution in [3.63, 3.8) is 0 Å². The molecule has 29 heavy (non-hydrogen) atoms. The number of benzene rings is 1. The van der Waals surface area contributed by atoms with Crippen LogP contribution in [0.3, 0.4) is 0 Å². The molecule has 1 N–H and O–H groups in total. The Hall–Kier alpha value is -2.67. The van der Waals surface area contributed by atoms with Crippen LogP contribution in [0.25, 0.3) is 5.69 Å². The highest BCUT2D eigenvalue weighted by molar-refractivity contribution is 5.92. The molecule has 1 aromatic heterocycles. The number of esters is 1. The maximum absolute atomic E-state index is 12.6. The molecule has 1 aromatic carbocycles. The molecule has 0 fully saturated rings. The van der Waals surface area contributed by atoms with Gasteiger partial charge in [-0.1, -0.05) is 32.0 Å². The molecule has 0 spiro atoms. The van der Waals surface area contributed by atoms with Crippen LogP contribution in [0.1, 0.15) is 38.1 Å². The van der Waals surface area contributed by atoms with Gasteiger partial charge < -0.3 is 15.0 Å². The first-order valence-corrected chi connectivity index (χ1v) is 10.0. The van der Waals surface area contributed by atoms with Crippen LogP contribution in [0.4, 0.5) is 5.69 Å². The lowest BCUT2D eigenvalue weighted by molar-refractivity contribution is -0.141. The molecule has 0 aliphatic rings. The van der Waals surface area contributed by atoms with E-state index < -0.39 is 0 Å². The molecule has 2 aromatic rings. The van der Waals surface area contributed by atoms with Crippen molar-refractivity contribution in [3.05, 3.63) is 41.7 Å². The summed E-state index contributed by atoms with van der Waals surface area (Å²) in [5.74, 6) is 0.155. The predicted octanol–water partition coefficient (Wildman–Crippen LogP) is 3.34. The third-order valence-corrected chi connectivity index (χ3v) is 4.69. The highest BCUT2D eigenvalue weighted by Gasteiger charge is 2.17. The summed E-state index contributed by atoms with van der Waals surface area (Å²) in [6.07, 6.45) is 0.677. The Balaban J connectivity index is 1.99. The van der Waals surface area contributed by atoms with E-state index in [1.807, 2.05) is 48.9 Å². The van der Waals surface area contributed by atoms with Crippen molar-refractivity contribution in [2.45, 2.75) is 40.5 Å². The minimum Gasteiger partial charge on any atom is -0.469 e. The first-order valence-electron chi connectivity index (χ1n) is 10.0. The third kappa shape index (κ3) is 6.71. The maximum atomic E-state index is 12.6. The Morgan fingerprint density at radius 1 is 1.14 bits per heavy atom. The summed E-state index contributed by atoms with van der Waals surface area (Å²) < 4.78 is 6.56. The molecule has 0 radical (unpaired) electrons. The van der Waals surface area contributed by atoms with E-state index in [0.29, 0.717) is 31.8 Å². The number of carbonyl (C=O) groups excluding carboxylic acids is 2. The number of rotatable bonds is 10. The van der Waals surface area contributed by atoms with Gasteiger partial charge in [-0.2, -0.15) is 5.10 Å². The largest absolute Gasteiger partial charge is 0.469 e. The Kier molecular flexibility index (Phi) is 8.39. The molecule has 0 aliphatic heterocycles. The predicted molar refractivity (Wildman–Crippen MR) is 114 cm³/mol. The third-order valence-electron chi connectivity index (χ3n) is 4.69. The lowest BCUT2D eigenvalue weighted by Crippen LogP contribution is -2.33. The molecule has 7 heteroatoms. The fourth-order valence-corrected chi connectivity index (χ4v) is 3.27. The van der Waals surface area contributed by atoms with E-state index in [2.05, 4.69) is 29.2 Å². The molecule has 0 atom stereocenters. The smallest absolute Gasteiger partial charge is 0.306 e. The van der Waals surface area contributed by atoms with Crippen molar-refractivity contribution in [2.24, 2.45) is 5.92 Å². The summed E-state index contributed by atoms with van der Waals surface area (Å²) in [6.45, 7) is 10.1. The molecule has 0 unspecified atom stereocenters. The molecule has 1 heterocycles. The summed E-state index contributed by atoms with van der Waals surface area (Å²) in [5.41, 5.74) is 3.39. The Bertz CT molecular complexity index is 815. The van der Waals surface area contributed by atoms with Gasteiger partial charge in [-0.05, 0) is 31.9 Å². The highest BCUT2D eigenvalue weighted by Crippen LogP contribution is 2.22. The van der Waals surface area contributed by atoms with Gasteiger partial charge in [0, 0.05) is 26.1 Å². The zero-order valence-electron chi connectivity index (χ0n) is 18.1. The van der Waals surface area contributed by atoms with Crippen LogP contribution in [-0.2, 0) is 14.3 Å². The van der Waals surface area contributed by atoms with E-state index in [9.17, 15) is 9.59 Å². The fourth-order valence-electron chi connectivity index (χ4n) is 3.27. The van der Waals surface area contributed by atoms with Gasteiger partial charge in [-0.25, -0.2) is 4.68 Å². The molecule has 158 valence electrons. The first-order chi connectivity index (χ1) is 13.8. The minimum absolute atomic E-state index is 0.0596. The second-order valence-corrected chi connectivity index (χ2v) is 7.61. The zero-order valence-corrected chi connectivity index (χ0v) is 18.1. The Morgan fingerprint density at radius 3 is 2.41 bits per heavy atom. The van der Waals surface area contributed by atoms with E-state index >= 15 is 0 Å². The molecule has 2 rings (SSSR count). The van der Waals surface area contributed by atoms with Crippen LogP contribution in [0.2, 0.25) is 0 Å². The molecular weight excluding hydrogens is 368 g/mol. The fraction of sp³-hybridized carbons (Fsp3) is 0.500. The SMILES string of the molecule is COC(=O)CCN(CCC(=O)Nc1c(C)nn(-c2ccccc2)c1C)CC(C)C. The van der Waals surface area contributed by atoms with Gasteiger partial charge in [0.05, 0.1) is 36.3 Å². The second kappa shape index (κ2) is 10.8. The highest BCUT2D eigenvalue weighted by atomic mass is 16.5. The van der Waals surface area contributed by atoms with Crippen LogP contribution < -0.4 is 5.32 Å². The van der Waals surface area contributed by atoms with Gasteiger partial charge in [-0.15, -0.1) is 0 Å². The normalized spacial score (nSPS) is 11.1. The second-order valence-electron chi connectivity index (χ2n) is 7.61. The number of methoxy groups -OCH3 is 1. The molecule has 1 amide bonds. The molecule has 0 saturated heterocycles. The van der Waals surface area contributed by atoms with Crippen molar-refractivity contribution in [1.29, 1.82) is 0 Å². The van der Waals surface area contributed by atoms with Gasteiger partial charge >= 0.3 is 5.97 Å². The number of ether oxygens (including phenoxy) is 1. The Labute approximate surface area is 173 Å². The number of hydrogen-bond donors (Lipinski definition) is 1. The van der Waals surface area contributed by atoms with Gasteiger partial charge in [0.2, 0.25) is 5.91 Å². The van der Waals surface area contributed by atoms with Crippen molar-refractivity contribution >= 4 is 17.6 Å². The van der Waals surface area contributed by atoms with E-state index in [-0.39, 0.29) is 11.9 Å². The van der Waals surface area contributed by atoms with Crippen molar-refractivity contribution < 1.29 is 14.3 Å². The van der Waals surface area contributed by atoms with Gasteiger partial charge in [0.15, 0.2) is 0 Å². The van der Waals surface area contributed by atoms with E-state index in [1.54, 1.807) is 0 Å². The van der Waals surface area contributed by atoms with Crippen LogP contribution in [0.5, 0.6) is 0 Å². The average molecular weight is 401 g/mol. The number of para-hydroxylation sites is 1. The quantitative estimate of drug-likeness (QED) is 0.619. The topological polar surface area (TPSA) is 76.5 Å². The number of amides is 1. The van der Waals surface area contributed by atoms with E-state index in [4.69, 9.17) is 4.74 Å². The van der Waals surface area contributed by atoms with Gasteiger partial charge in [-0.3, -0.25) is 9.59 Å². The molecule has 0 bridgehead atoms. The number of carbonyl (C=O) groups is 2. The Morgan fingerprint density at radius 2 is 1.79 bits per heavy atom. The summed E-state index contributed by atoms with van der Waals surface area (Å²) in [5, 5.41) is 7.58. The summed E-state index contributed by atoms with van der Waals surface area (Å²) in [6, 6.07) is 9.84. The van der Waals surface area contributed by atoms with Crippen LogP contribution in [-0.4, -0.2) is 53.3 Å². The number of aryl methyl sites for hydroxylation is 1. The summed E-state index contributed by atoms with van der Waals surface area (Å²) in [7, 11) is 1.39. The number of nitrogens with one attached hydrogen (secondary N) is 1. The number of hydrogen-bond acceptors (Lipinski definition) is 5. The van der Waals surface area contributed by atoms with Crippen molar-refractivity contribution in [1.82, 2.24) is 14.7 Å². The standard InChI is InChI=1S/C22H32N4O3/c1-16(2)15-25(14-12-21(28)29-5)13-11-20(27)23-22-17(3)24-26(18(22)4)19-9-7-6-8-10-19/h6-10,16H,11-15H2,1-5H3,(H,23,27). The van der Waals surface area contributed by atoms with Crippen LogP contribution >= 0.6 is 0 Å².